The van der Waals surface area contributed by atoms with E-state index in [2.05, 4.69) is 4.57 Å². The molecule has 0 aliphatic carbocycles. The highest BCUT2D eigenvalue weighted by atomic mass is 16.5. The van der Waals surface area contributed by atoms with Crippen molar-refractivity contribution < 1.29 is 14.6 Å². The maximum absolute atomic E-state index is 12.9. The smallest absolute Gasteiger partial charge is 0.227 e. The summed E-state index contributed by atoms with van der Waals surface area (Å²) < 4.78 is 7.88. The van der Waals surface area contributed by atoms with Crippen LogP contribution >= 0.6 is 0 Å². The predicted molar refractivity (Wildman–Crippen MR) is 133 cm³/mol. The summed E-state index contributed by atoms with van der Waals surface area (Å²) in [5.74, 6) is 1.62. The normalized spacial score (nSPS) is 16.9. The number of anilines is 1. The van der Waals surface area contributed by atoms with Gasteiger partial charge < -0.3 is 19.3 Å². The van der Waals surface area contributed by atoms with Crippen molar-refractivity contribution >= 4 is 22.6 Å². The molecule has 1 aliphatic rings. The van der Waals surface area contributed by atoms with Crippen molar-refractivity contribution in [3.8, 4) is 5.75 Å². The van der Waals surface area contributed by atoms with Crippen molar-refractivity contribution in [3.63, 3.8) is 0 Å². The van der Waals surface area contributed by atoms with Crippen LogP contribution in [0.4, 0.5) is 5.69 Å². The molecule has 4 aromatic rings. The summed E-state index contributed by atoms with van der Waals surface area (Å²) in [5, 5.41) is 10.8. The number of carbonyl (C=O) groups is 1. The molecule has 34 heavy (non-hydrogen) atoms. The average Bonchev–Trinajstić information content (AvgIpc) is 3.38. The Bertz CT molecular complexity index is 1330. The van der Waals surface area contributed by atoms with Gasteiger partial charge in [0.15, 0.2) is 0 Å². The Labute approximate surface area is 199 Å². The fourth-order valence-corrected chi connectivity index (χ4v) is 4.68. The van der Waals surface area contributed by atoms with E-state index in [-0.39, 0.29) is 18.4 Å². The summed E-state index contributed by atoms with van der Waals surface area (Å²) in [6.07, 6.45) is -0.325. The van der Waals surface area contributed by atoms with Crippen LogP contribution in [0.2, 0.25) is 0 Å². The van der Waals surface area contributed by atoms with Crippen molar-refractivity contribution in [2.75, 3.05) is 18.1 Å². The minimum atomic E-state index is -0.721. The van der Waals surface area contributed by atoms with Crippen LogP contribution in [0.15, 0.2) is 72.8 Å². The Morgan fingerprint density at radius 2 is 1.79 bits per heavy atom. The first-order valence-corrected chi connectivity index (χ1v) is 11.7. The lowest BCUT2D eigenvalue weighted by molar-refractivity contribution is -0.117. The van der Waals surface area contributed by atoms with E-state index in [1.807, 2.05) is 91.5 Å². The zero-order valence-corrected chi connectivity index (χ0v) is 19.5. The Balaban J connectivity index is 1.38. The van der Waals surface area contributed by atoms with E-state index in [0.717, 1.165) is 39.4 Å². The van der Waals surface area contributed by atoms with Gasteiger partial charge >= 0.3 is 0 Å². The highest BCUT2D eigenvalue weighted by Crippen LogP contribution is 2.33. The fraction of sp³-hybridized carbons (Fsp3) is 0.286. The van der Waals surface area contributed by atoms with E-state index in [1.54, 1.807) is 0 Å². The molecule has 3 aromatic carbocycles. The fourth-order valence-electron chi connectivity index (χ4n) is 4.68. The molecule has 0 radical (unpaired) electrons. The van der Waals surface area contributed by atoms with Crippen LogP contribution in [0.1, 0.15) is 29.3 Å². The Kier molecular flexibility index (Phi) is 6.07. The SMILES string of the molecule is Cc1cccc(OC[C@H](O)Cn2c([C@@H]3CC(=O)N(c4cccc(C)c4)C3)nc3ccccc32)c1. The van der Waals surface area contributed by atoms with Crippen molar-refractivity contribution in [3.05, 3.63) is 89.7 Å². The van der Waals surface area contributed by atoms with Crippen LogP contribution < -0.4 is 9.64 Å². The van der Waals surface area contributed by atoms with E-state index in [9.17, 15) is 9.90 Å². The van der Waals surface area contributed by atoms with Gasteiger partial charge in [-0.25, -0.2) is 4.98 Å². The highest BCUT2D eigenvalue weighted by molar-refractivity contribution is 5.96. The van der Waals surface area contributed by atoms with E-state index >= 15 is 0 Å². The maximum Gasteiger partial charge on any atom is 0.227 e. The molecule has 1 aliphatic heterocycles. The van der Waals surface area contributed by atoms with Gasteiger partial charge in [0.2, 0.25) is 5.91 Å². The summed E-state index contributed by atoms with van der Waals surface area (Å²) in [5.41, 5.74) is 4.97. The molecule has 6 heteroatoms. The summed E-state index contributed by atoms with van der Waals surface area (Å²) >= 11 is 0. The number of aryl methyl sites for hydroxylation is 2. The van der Waals surface area contributed by atoms with Gasteiger partial charge in [-0.05, 0) is 61.4 Å². The van der Waals surface area contributed by atoms with Gasteiger partial charge in [-0.15, -0.1) is 0 Å². The number of ether oxygens (including phenoxy) is 1. The molecule has 2 heterocycles. The van der Waals surface area contributed by atoms with Gasteiger partial charge in [-0.2, -0.15) is 0 Å². The van der Waals surface area contributed by atoms with Crippen LogP contribution in [0.25, 0.3) is 11.0 Å². The van der Waals surface area contributed by atoms with Crippen molar-refractivity contribution in [1.29, 1.82) is 0 Å². The minimum absolute atomic E-state index is 0.0506. The van der Waals surface area contributed by atoms with E-state index in [0.29, 0.717) is 19.5 Å². The number of benzene rings is 3. The van der Waals surface area contributed by atoms with Gasteiger partial charge in [0.05, 0.1) is 17.6 Å². The number of hydrogen-bond acceptors (Lipinski definition) is 4. The van der Waals surface area contributed by atoms with Gasteiger partial charge in [-0.3, -0.25) is 4.79 Å². The summed E-state index contributed by atoms with van der Waals surface area (Å²) in [6, 6.07) is 23.7. The quantitative estimate of drug-likeness (QED) is 0.442. The Hall–Kier alpha value is -3.64. The monoisotopic (exact) mass is 455 g/mol. The highest BCUT2D eigenvalue weighted by Gasteiger charge is 2.35. The lowest BCUT2D eigenvalue weighted by Gasteiger charge is -2.19. The molecule has 1 fully saturated rings. The molecular weight excluding hydrogens is 426 g/mol. The number of aliphatic hydroxyl groups excluding tert-OH is 1. The van der Waals surface area contributed by atoms with E-state index < -0.39 is 6.10 Å². The molecule has 0 spiro atoms. The lowest BCUT2D eigenvalue weighted by Crippen LogP contribution is -2.26. The first-order valence-electron chi connectivity index (χ1n) is 11.7. The van der Waals surface area contributed by atoms with Crippen molar-refractivity contribution in [2.45, 2.75) is 38.8 Å². The van der Waals surface area contributed by atoms with E-state index in [4.69, 9.17) is 9.72 Å². The second-order valence-electron chi connectivity index (χ2n) is 9.10. The Morgan fingerprint density at radius 1 is 1.03 bits per heavy atom. The zero-order chi connectivity index (χ0) is 23.7. The molecule has 2 atom stereocenters. The molecule has 0 saturated carbocycles. The number of aliphatic hydroxyl groups is 1. The van der Waals surface area contributed by atoms with Crippen LogP contribution in [-0.2, 0) is 11.3 Å². The molecule has 6 nitrogen and oxygen atoms in total. The number of para-hydroxylation sites is 2. The molecule has 0 unspecified atom stereocenters. The van der Waals surface area contributed by atoms with Gasteiger partial charge in [0.1, 0.15) is 24.3 Å². The van der Waals surface area contributed by atoms with Gasteiger partial charge in [-0.1, -0.05) is 36.4 Å². The summed E-state index contributed by atoms with van der Waals surface area (Å²) in [7, 11) is 0. The lowest BCUT2D eigenvalue weighted by atomic mass is 10.1. The molecule has 174 valence electrons. The number of fused-ring (bicyclic) bond motifs is 1. The van der Waals surface area contributed by atoms with E-state index in [1.165, 1.54) is 0 Å². The number of hydrogen-bond donors (Lipinski definition) is 1. The summed E-state index contributed by atoms with van der Waals surface area (Å²) in [4.78, 5) is 19.7. The molecular formula is C28H29N3O3. The van der Waals surface area contributed by atoms with Crippen LogP contribution in [0, 0.1) is 13.8 Å². The minimum Gasteiger partial charge on any atom is -0.491 e. The third-order valence-electron chi connectivity index (χ3n) is 6.31. The standard InChI is InChI=1S/C28H29N3O3/c1-19-7-5-9-22(13-19)30-16-21(15-27(30)33)28-29-25-11-3-4-12-26(25)31(28)17-23(32)18-34-24-10-6-8-20(2)14-24/h3-14,21,23,32H,15-18H2,1-2H3/t21-,23-/m1/s1. The maximum atomic E-state index is 12.9. The third-order valence-corrected chi connectivity index (χ3v) is 6.31. The predicted octanol–water partition coefficient (Wildman–Crippen LogP) is 4.61. The topological polar surface area (TPSA) is 67.6 Å². The zero-order valence-electron chi connectivity index (χ0n) is 19.5. The third kappa shape index (κ3) is 4.54. The second kappa shape index (κ2) is 9.31. The number of amides is 1. The molecule has 0 bridgehead atoms. The first kappa shape index (κ1) is 22.2. The van der Waals surface area contributed by atoms with Crippen LogP contribution in [0.5, 0.6) is 5.75 Å². The van der Waals surface area contributed by atoms with Crippen molar-refractivity contribution in [2.24, 2.45) is 0 Å². The Morgan fingerprint density at radius 3 is 2.59 bits per heavy atom. The molecule has 1 saturated heterocycles. The largest absolute Gasteiger partial charge is 0.491 e. The van der Waals surface area contributed by atoms with Gasteiger partial charge in [0.25, 0.3) is 0 Å². The van der Waals surface area contributed by atoms with Crippen molar-refractivity contribution in [1.82, 2.24) is 9.55 Å². The number of rotatable bonds is 7. The number of nitrogens with zero attached hydrogens (tertiary/aromatic N) is 3. The number of carbonyl (C=O) groups excluding carboxylic acids is 1. The van der Waals surface area contributed by atoms with Crippen LogP contribution in [0.3, 0.4) is 0 Å². The second-order valence-corrected chi connectivity index (χ2v) is 9.10. The van der Waals surface area contributed by atoms with Crippen LogP contribution in [-0.4, -0.2) is 39.8 Å². The summed E-state index contributed by atoms with van der Waals surface area (Å²) in [6.45, 7) is 5.13. The first-order chi connectivity index (χ1) is 16.5. The molecule has 5 rings (SSSR count). The van der Waals surface area contributed by atoms with Gasteiger partial charge in [0, 0.05) is 24.6 Å². The average molecular weight is 456 g/mol. The molecule has 1 amide bonds. The number of imidazole rings is 1. The molecule has 1 aromatic heterocycles. The number of aromatic nitrogens is 2. The molecule has 1 N–H and O–H groups in total.